The summed E-state index contributed by atoms with van der Waals surface area (Å²) in [4.78, 5) is 9.29. The van der Waals surface area contributed by atoms with E-state index in [-0.39, 0.29) is 0 Å². The SMILES string of the molecule is CC[C@H](C)Nc1nc(NCc2ccccc2Cl)cc(-c2ccccc2)n1. The van der Waals surface area contributed by atoms with E-state index in [9.17, 15) is 0 Å². The number of nitrogens with zero attached hydrogens (tertiary/aromatic N) is 2. The van der Waals surface area contributed by atoms with Gasteiger partial charge in [-0.1, -0.05) is 67.1 Å². The fourth-order valence-electron chi connectivity index (χ4n) is 2.51. The molecule has 0 spiro atoms. The Morgan fingerprint density at radius 1 is 1.00 bits per heavy atom. The molecule has 3 rings (SSSR count). The molecule has 1 aromatic heterocycles. The highest BCUT2D eigenvalue weighted by Gasteiger charge is 2.09. The molecule has 134 valence electrons. The predicted molar refractivity (Wildman–Crippen MR) is 110 cm³/mol. The maximum absolute atomic E-state index is 6.25. The Morgan fingerprint density at radius 2 is 1.73 bits per heavy atom. The summed E-state index contributed by atoms with van der Waals surface area (Å²) in [7, 11) is 0. The molecule has 0 radical (unpaired) electrons. The van der Waals surface area contributed by atoms with Gasteiger partial charge in [-0.05, 0) is 25.0 Å². The number of rotatable bonds is 7. The van der Waals surface area contributed by atoms with E-state index in [1.165, 1.54) is 0 Å². The molecule has 1 atom stereocenters. The van der Waals surface area contributed by atoms with Crippen LogP contribution < -0.4 is 10.6 Å². The van der Waals surface area contributed by atoms with Crippen molar-refractivity contribution in [3.05, 3.63) is 71.2 Å². The molecule has 0 amide bonds. The summed E-state index contributed by atoms with van der Waals surface area (Å²) in [6.07, 6.45) is 1.00. The van der Waals surface area contributed by atoms with E-state index in [1.807, 2.05) is 60.7 Å². The third-order valence-electron chi connectivity index (χ3n) is 4.20. The lowest BCUT2D eigenvalue weighted by atomic mass is 10.1. The van der Waals surface area contributed by atoms with E-state index >= 15 is 0 Å². The molecule has 0 bridgehead atoms. The molecule has 0 fully saturated rings. The zero-order valence-electron chi connectivity index (χ0n) is 15.0. The Hall–Kier alpha value is -2.59. The minimum absolute atomic E-state index is 0.303. The van der Waals surface area contributed by atoms with Gasteiger partial charge < -0.3 is 10.6 Å². The van der Waals surface area contributed by atoms with Gasteiger partial charge >= 0.3 is 0 Å². The van der Waals surface area contributed by atoms with Crippen molar-refractivity contribution >= 4 is 23.4 Å². The van der Waals surface area contributed by atoms with Gasteiger partial charge in [-0.15, -0.1) is 0 Å². The molecular formula is C21H23ClN4. The van der Waals surface area contributed by atoms with Gasteiger partial charge in [-0.3, -0.25) is 0 Å². The lowest BCUT2D eigenvalue weighted by molar-refractivity contribution is 0.753. The fraction of sp³-hybridized carbons (Fsp3) is 0.238. The van der Waals surface area contributed by atoms with Crippen LogP contribution in [0.5, 0.6) is 0 Å². The Balaban J connectivity index is 1.88. The molecule has 0 unspecified atom stereocenters. The van der Waals surface area contributed by atoms with Crippen LogP contribution in [0, 0.1) is 0 Å². The number of nitrogens with one attached hydrogen (secondary N) is 2. The van der Waals surface area contributed by atoms with E-state index in [1.54, 1.807) is 0 Å². The van der Waals surface area contributed by atoms with Crippen molar-refractivity contribution in [3.63, 3.8) is 0 Å². The first-order valence-corrected chi connectivity index (χ1v) is 9.22. The van der Waals surface area contributed by atoms with Gasteiger partial charge in [0, 0.05) is 29.2 Å². The predicted octanol–water partition coefficient (Wildman–Crippen LogP) is 5.62. The summed E-state index contributed by atoms with van der Waals surface area (Å²) in [5.41, 5.74) is 2.97. The average Bonchev–Trinajstić information content (AvgIpc) is 2.68. The summed E-state index contributed by atoms with van der Waals surface area (Å²) in [5.74, 6) is 1.40. The van der Waals surface area contributed by atoms with Crippen LogP contribution in [0.15, 0.2) is 60.7 Å². The van der Waals surface area contributed by atoms with Crippen LogP contribution in [0.2, 0.25) is 5.02 Å². The monoisotopic (exact) mass is 366 g/mol. The summed E-state index contributed by atoms with van der Waals surface area (Å²) in [6, 6.07) is 20.2. The Morgan fingerprint density at radius 3 is 2.46 bits per heavy atom. The van der Waals surface area contributed by atoms with Gasteiger partial charge in [-0.2, -0.15) is 4.98 Å². The van der Waals surface area contributed by atoms with Gasteiger partial charge in [0.15, 0.2) is 0 Å². The highest BCUT2D eigenvalue weighted by molar-refractivity contribution is 6.31. The van der Waals surface area contributed by atoms with Crippen LogP contribution in [-0.4, -0.2) is 16.0 Å². The molecule has 2 aromatic carbocycles. The van der Waals surface area contributed by atoms with Crippen molar-refractivity contribution in [1.82, 2.24) is 9.97 Å². The molecule has 4 nitrogen and oxygen atoms in total. The zero-order chi connectivity index (χ0) is 18.4. The van der Waals surface area contributed by atoms with Crippen molar-refractivity contribution in [3.8, 4) is 11.3 Å². The molecule has 0 aliphatic carbocycles. The number of halogens is 1. The van der Waals surface area contributed by atoms with Gasteiger partial charge in [-0.25, -0.2) is 4.98 Å². The van der Waals surface area contributed by atoms with Crippen molar-refractivity contribution in [2.45, 2.75) is 32.9 Å². The third kappa shape index (κ3) is 4.73. The second-order valence-corrected chi connectivity index (χ2v) is 6.63. The summed E-state index contributed by atoms with van der Waals surface area (Å²) in [5, 5.41) is 7.48. The van der Waals surface area contributed by atoms with Crippen LogP contribution >= 0.6 is 11.6 Å². The van der Waals surface area contributed by atoms with Gasteiger partial charge in [0.2, 0.25) is 5.95 Å². The molecule has 0 saturated carbocycles. The molecular weight excluding hydrogens is 344 g/mol. The van der Waals surface area contributed by atoms with Gasteiger partial charge in [0.1, 0.15) is 5.82 Å². The lowest BCUT2D eigenvalue weighted by Gasteiger charge is -2.15. The maximum Gasteiger partial charge on any atom is 0.225 e. The van der Waals surface area contributed by atoms with Crippen LogP contribution in [0.25, 0.3) is 11.3 Å². The standard InChI is InChI=1S/C21H23ClN4/c1-3-15(2)24-21-25-19(16-9-5-4-6-10-16)13-20(26-21)23-14-17-11-7-8-12-18(17)22/h4-13,15H,3,14H2,1-2H3,(H2,23,24,25,26)/t15-/m0/s1. The normalized spacial score (nSPS) is 11.8. The zero-order valence-corrected chi connectivity index (χ0v) is 15.8. The van der Waals surface area contributed by atoms with E-state index in [2.05, 4.69) is 34.4 Å². The molecule has 26 heavy (non-hydrogen) atoms. The van der Waals surface area contributed by atoms with E-state index in [0.717, 1.165) is 34.1 Å². The van der Waals surface area contributed by atoms with Crippen LogP contribution in [0.4, 0.5) is 11.8 Å². The lowest BCUT2D eigenvalue weighted by Crippen LogP contribution is -2.16. The largest absolute Gasteiger partial charge is 0.366 e. The molecule has 1 heterocycles. The summed E-state index contributed by atoms with van der Waals surface area (Å²) in [6.45, 7) is 4.86. The van der Waals surface area contributed by atoms with Gasteiger partial charge in [0.05, 0.1) is 5.69 Å². The van der Waals surface area contributed by atoms with Crippen LogP contribution in [0.3, 0.4) is 0 Å². The molecule has 0 aliphatic rings. The molecule has 5 heteroatoms. The van der Waals surface area contributed by atoms with Crippen molar-refractivity contribution in [2.24, 2.45) is 0 Å². The molecule has 3 aromatic rings. The topological polar surface area (TPSA) is 49.8 Å². The Labute approximate surface area is 159 Å². The number of hydrogen-bond donors (Lipinski definition) is 2. The first-order chi connectivity index (χ1) is 12.7. The van der Waals surface area contributed by atoms with Crippen molar-refractivity contribution < 1.29 is 0 Å². The second-order valence-electron chi connectivity index (χ2n) is 6.23. The maximum atomic E-state index is 6.25. The van der Waals surface area contributed by atoms with Crippen molar-refractivity contribution in [1.29, 1.82) is 0 Å². The minimum atomic E-state index is 0.303. The number of aromatic nitrogens is 2. The van der Waals surface area contributed by atoms with E-state index < -0.39 is 0 Å². The first kappa shape index (κ1) is 18.2. The smallest absolute Gasteiger partial charge is 0.225 e. The van der Waals surface area contributed by atoms with E-state index in [4.69, 9.17) is 11.6 Å². The summed E-state index contributed by atoms with van der Waals surface area (Å²) < 4.78 is 0. The summed E-state index contributed by atoms with van der Waals surface area (Å²) >= 11 is 6.25. The Bertz CT molecular complexity index is 852. The Kier molecular flexibility index (Phi) is 6.08. The third-order valence-corrected chi connectivity index (χ3v) is 4.57. The quantitative estimate of drug-likeness (QED) is 0.569. The van der Waals surface area contributed by atoms with Crippen LogP contribution in [-0.2, 0) is 6.54 Å². The van der Waals surface area contributed by atoms with E-state index in [0.29, 0.717) is 18.5 Å². The minimum Gasteiger partial charge on any atom is -0.366 e. The molecule has 0 saturated heterocycles. The number of benzene rings is 2. The highest BCUT2D eigenvalue weighted by Crippen LogP contribution is 2.23. The number of hydrogen-bond acceptors (Lipinski definition) is 4. The highest BCUT2D eigenvalue weighted by atomic mass is 35.5. The molecule has 2 N–H and O–H groups in total. The van der Waals surface area contributed by atoms with Crippen molar-refractivity contribution in [2.75, 3.05) is 10.6 Å². The second kappa shape index (κ2) is 8.68. The van der Waals surface area contributed by atoms with Gasteiger partial charge in [0.25, 0.3) is 0 Å². The molecule has 0 aliphatic heterocycles. The van der Waals surface area contributed by atoms with Crippen LogP contribution in [0.1, 0.15) is 25.8 Å². The average molecular weight is 367 g/mol. The number of anilines is 2. The fourth-order valence-corrected chi connectivity index (χ4v) is 2.71. The first-order valence-electron chi connectivity index (χ1n) is 8.84.